The summed E-state index contributed by atoms with van der Waals surface area (Å²) < 4.78 is 7.75. The maximum absolute atomic E-state index is 12.7. The van der Waals surface area contributed by atoms with E-state index in [1.165, 1.54) is 9.13 Å². The topological polar surface area (TPSA) is 94.8 Å². The van der Waals surface area contributed by atoms with Crippen LogP contribution in [-0.2, 0) is 17.8 Å². The molecule has 0 atom stereocenters. The second-order valence-corrected chi connectivity index (χ2v) is 5.92. The summed E-state index contributed by atoms with van der Waals surface area (Å²) in [5, 5.41) is 0.363. The van der Waals surface area contributed by atoms with Gasteiger partial charge >= 0.3 is 5.69 Å². The maximum Gasteiger partial charge on any atom is 0.332 e. The van der Waals surface area contributed by atoms with Crippen molar-refractivity contribution in [2.45, 2.75) is 26.4 Å². The van der Waals surface area contributed by atoms with Crippen LogP contribution in [0.1, 0.15) is 13.3 Å². The minimum atomic E-state index is -0.385. The highest BCUT2D eigenvalue weighted by atomic mass is 35.5. The van der Waals surface area contributed by atoms with Gasteiger partial charge in [-0.2, -0.15) is 0 Å². The van der Waals surface area contributed by atoms with E-state index in [4.69, 9.17) is 16.3 Å². The summed E-state index contributed by atoms with van der Waals surface area (Å²) in [5.41, 5.74) is 0.506. The third-order valence-corrected chi connectivity index (χ3v) is 4.05. The highest BCUT2D eigenvalue weighted by Gasteiger charge is 2.17. The van der Waals surface area contributed by atoms with Crippen molar-refractivity contribution in [3.63, 3.8) is 0 Å². The van der Waals surface area contributed by atoms with E-state index in [9.17, 15) is 9.59 Å². The smallest absolute Gasteiger partial charge is 0.332 e. The number of aromatic nitrogens is 5. The highest BCUT2D eigenvalue weighted by molar-refractivity contribution is 6.29. The Hall–Kier alpha value is -2.45. The Morgan fingerprint density at radius 2 is 2.04 bits per heavy atom. The minimum absolute atomic E-state index is 0.286. The molecule has 0 unspecified atom stereocenters. The fourth-order valence-electron chi connectivity index (χ4n) is 2.62. The number of pyridine rings is 1. The quantitative estimate of drug-likeness (QED) is 0.672. The number of nitrogens with zero attached hydrogens (tertiary/aromatic N) is 4. The van der Waals surface area contributed by atoms with Crippen LogP contribution in [0.4, 0.5) is 0 Å². The predicted molar refractivity (Wildman–Crippen MR) is 95.0 cm³/mol. The molecule has 0 saturated heterocycles. The molecule has 0 aliphatic heterocycles. The van der Waals surface area contributed by atoms with Crippen molar-refractivity contribution in [2.24, 2.45) is 0 Å². The number of H-pyrrole nitrogens is 1. The average molecular weight is 364 g/mol. The van der Waals surface area contributed by atoms with Gasteiger partial charge in [-0.15, -0.1) is 0 Å². The van der Waals surface area contributed by atoms with Gasteiger partial charge in [0.25, 0.3) is 5.56 Å². The SMILES string of the molecule is CCCn1c(=O)c2[nH]c(-c3ccc(Cl)nc3)nc2n(CCOC)c1=O. The van der Waals surface area contributed by atoms with Gasteiger partial charge in [0.15, 0.2) is 5.65 Å². The van der Waals surface area contributed by atoms with Crippen LogP contribution >= 0.6 is 11.6 Å². The zero-order chi connectivity index (χ0) is 18.0. The van der Waals surface area contributed by atoms with Gasteiger partial charge in [-0.05, 0) is 18.6 Å². The Morgan fingerprint density at radius 3 is 2.68 bits per heavy atom. The van der Waals surface area contributed by atoms with Gasteiger partial charge in [-0.25, -0.2) is 14.8 Å². The molecule has 1 N–H and O–H groups in total. The Labute approximate surface area is 148 Å². The van der Waals surface area contributed by atoms with E-state index in [2.05, 4.69) is 15.0 Å². The molecular weight excluding hydrogens is 346 g/mol. The normalized spacial score (nSPS) is 11.3. The number of nitrogens with one attached hydrogen (secondary N) is 1. The summed E-state index contributed by atoms with van der Waals surface area (Å²) in [4.78, 5) is 36.8. The van der Waals surface area contributed by atoms with E-state index >= 15 is 0 Å². The van der Waals surface area contributed by atoms with Crippen molar-refractivity contribution in [2.75, 3.05) is 13.7 Å². The molecule has 0 aliphatic carbocycles. The molecule has 0 aromatic carbocycles. The summed E-state index contributed by atoms with van der Waals surface area (Å²) in [5.74, 6) is 0.455. The fraction of sp³-hybridized carbons (Fsp3) is 0.375. The van der Waals surface area contributed by atoms with Crippen LogP contribution < -0.4 is 11.2 Å². The highest BCUT2D eigenvalue weighted by Crippen LogP contribution is 2.18. The molecule has 3 rings (SSSR count). The van der Waals surface area contributed by atoms with E-state index < -0.39 is 0 Å². The number of halogens is 1. The first-order chi connectivity index (χ1) is 12.1. The van der Waals surface area contributed by atoms with E-state index in [-0.39, 0.29) is 16.8 Å². The molecule has 0 radical (unpaired) electrons. The molecule has 0 amide bonds. The Morgan fingerprint density at radius 1 is 1.24 bits per heavy atom. The number of ether oxygens (including phenoxy) is 1. The monoisotopic (exact) mass is 363 g/mol. The molecule has 3 aromatic heterocycles. The molecule has 132 valence electrons. The molecule has 8 nitrogen and oxygen atoms in total. The van der Waals surface area contributed by atoms with Crippen molar-refractivity contribution in [1.82, 2.24) is 24.1 Å². The summed E-state index contributed by atoms with van der Waals surface area (Å²) in [7, 11) is 1.56. The zero-order valence-corrected chi connectivity index (χ0v) is 14.7. The first-order valence-corrected chi connectivity index (χ1v) is 8.28. The van der Waals surface area contributed by atoms with Gasteiger partial charge in [0.05, 0.1) is 13.2 Å². The third kappa shape index (κ3) is 3.22. The summed E-state index contributed by atoms with van der Waals surface area (Å²) >= 11 is 5.81. The largest absolute Gasteiger partial charge is 0.383 e. The minimum Gasteiger partial charge on any atom is -0.383 e. The van der Waals surface area contributed by atoms with Crippen LogP contribution in [0.3, 0.4) is 0 Å². The van der Waals surface area contributed by atoms with Crippen molar-refractivity contribution in [3.05, 3.63) is 44.3 Å². The lowest BCUT2D eigenvalue weighted by Crippen LogP contribution is -2.40. The maximum atomic E-state index is 12.7. The van der Waals surface area contributed by atoms with Gasteiger partial charge in [0, 0.05) is 25.4 Å². The van der Waals surface area contributed by atoms with Crippen molar-refractivity contribution in [3.8, 4) is 11.4 Å². The van der Waals surface area contributed by atoms with Gasteiger partial charge in [-0.1, -0.05) is 18.5 Å². The van der Waals surface area contributed by atoms with Crippen LogP contribution in [-0.4, -0.2) is 37.8 Å². The number of methoxy groups -OCH3 is 1. The van der Waals surface area contributed by atoms with E-state index in [1.807, 2.05) is 6.92 Å². The number of imidazole rings is 1. The third-order valence-electron chi connectivity index (χ3n) is 3.83. The number of aromatic amines is 1. The summed E-state index contributed by atoms with van der Waals surface area (Å²) in [6, 6.07) is 3.38. The van der Waals surface area contributed by atoms with E-state index in [0.29, 0.717) is 48.3 Å². The number of rotatable bonds is 6. The van der Waals surface area contributed by atoms with Gasteiger partial charge < -0.3 is 9.72 Å². The molecule has 3 heterocycles. The summed E-state index contributed by atoms with van der Waals surface area (Å²) in [6.45, 7) is 2.90. The van der Waals surface area contributed by atoms with Gasteiger partial charge in [0.2, 0.25) is 0 Å². The second-order valence-electron chi connectivity index (χ2n) is 5.54. The molecule has 0 aliphatic rings. The lowest BCUT2D eigenvalue weighted by molar-refractivity contribution is 0.186. The molecule has 25 heavy (non-hydrogen) atoms. The molecule has 0 saturated carbocycles. The first-order valence-electron chi connectivity index (χ1n) is 7.91. The molecule has 0 spiro atoms. The fourth-order valence-corrected chi connectivity index (χ4v) is 2.74. The number of hydrogen-bond donors (Lipinski definition) is 1. The van der Waals surface area contributed by atoms with Crippen molar-refractivity contribution >= 4 is 22.8 Å². The van der Waals surface area contributed by atoms with Crippen LogP contribution in [0.15, 0.2) is 27.9 Å². The molecule has 0 fully saturated rings. The average Bonchev–Trinajstić information content (AvgIpc) is 3.04. The lowest BCUT2D eigenvalue weighted by atomic mass is 10.3. The van der Waals surface area contributed by atoms with Gasteiger partial charge in [-0.3, -0.25) is 13.9 Å². The first kappa shape index (κ1) is 17.4. The van der Waals surface area contributed by atoms with E-state index in [1.54, 1.807) is 25.4 Å². The number of fused-ring (bicyclic) bond motifs is 1. The van der Waals surface area contributed by atoms with Crippen molar-refractivity contribution in [1.29, 1.82) is 0 Å². The molecule has 3 aromatic rings. The summed E-state index contributed by atoms with van der Waals surface area (Å²) in [6.07, 6.45) is 2.23. The van der Waals surface area contributed by atoms with Crippen LogP contribution in [0.25, 0.3) is 22.6 Å². The molecular formula is C16H18ClN5O3. The Kier molecular flexibility index (Phi) is 5.00. The second kappa shape index (κ2) is 7.20. The molecule has 0 bridgehead atoms. The Balaban J connectivity index is 2.25. The van der Waals surface area contributed by atoms with Crippen LogP contribution in [0, 0.1) is 0 Å². The predicted octanol–water partition coefficient (Wildman–Crippen LogP) is 1.66. The standard InChI is InChI=1S/C16H18ClN5O3/c1-3-6-22-15(23)12-14(21(16(22)24)7-8-25-2)20-13(19-12)10-4-5-11(17)18-9-10/h4-5,9H,3,6-8H2,1-2H3,(H,19,20). The molecule has 9 heteroatoms. The van der Waals surface area contributed by atoms with Crippen molar-refractivity contribution < 1.29 is 4.74 Å². The van der Waals surface area contributed by atoms with E-state index in [0.717, 1.165) is 0 Å². The van der Waals surface area contributed by atoms with Gasteiger partial charge in [0.1, 0.15) is 16.5 Å². The van der Waals surface area contributed by atoms with Crippen LogP contribution in [0.5, 0.6) is 0 Å². The lowest BCUT2D eigenvalue weighted by Gasteiger charge is -2.09. The number of hydrogen-bond acceptors (Lipinski definition) is 5. The zero-order valence-electron chi connectivity index (χ0n) is 14.0. The Bertz CT molecular complexity index is 1000. The van der Waals surface area contributed by atoms with Crippen LogP contribution in [0.2, 0.25) is 5.15 Å².